The summed E-state index contributed by atoms with van der Waals surface area (Å²) < 4.78 is 1.50. The smallest absolute Gasteiger partial charge is 0.319 e. The SMILES string of the molecule is CC(C)CNC(=O)Nc1cccnc1-n1cncn1. The van der Waals surface area contributed by atoms with Gasteiger partial charge < -0.3 is 10.6 Å². The third-order valence-corrected chi connectivity index (χ3v) is 2.34. The Morgan fingerprint density at radius 2 is 2.32 bits per heavy atom. The Labute approximate surface area is 111 Å². The number of aromatic nitrogens is 4. The second kappa shape index (κ2) is 5.94. The number of carbonyl (C=O) groups is 1. The van der Waals surface area contributed by atoms with Gasteiger partial charge in [-0.2, -0.15) is 5.10 Å². The number of hydrogen-bond donors (Lipinski definition) is 2. The summed E-state index contributed by atoms with van der Waals surface area (Å²) in [7, 11) is 0. The van der Waals surface area contributed by atoms with Gasteiger partial charge in [0.2, 0.25) is 0 Å². The first-order valence-corrected chi connectivity index (χ1v) is 6.01. The second-order valence-electron chi connectivity index (χ2n) is 4.44. The van der Waals surface area contributed by atoms with E-state index in [4.69, 9.17) is 0 Å². The molecule has 2 heterocycles. The fraction of sp³-hybridized carbons (Fsp3) is 0.333. The van der Waals surface area contributed by atoms with Crippen LogP contribution in [-0.2, 0) is 0 Å². The molecule has 2 aromatic rings. The third kappa shape index (κ3) is 3.51. The molecule has 2 aromatic heterocycles. The van der Waals surface area contributed by atoms with Gasteiger partial charge in [-0.3, -0.25) is 0 Å². The number of amides is 2. The summed E-state index contributed by atoms with van der Waals surface area (Å²) in [4.78, 5) is 19.8. The summed E-state index contributed by atoms with van der Waals surface area (Å²) in [6, 6.07) is 3.25. The van der Waals surface area contributed by atoms with Crippen molar-refractivity contribution in [1.29, 1.82) is 0 Å². The van der Waals surface area contributed by atoms with E-state index in [-0.39, 0.29) is 6.03 Å². The van der Waals surface area contributed by atoms with Crippen molar-refractivity contribution < 1.29 is 4.79 Å². The zero-order valence-electron chi connectivity index (χ0n) is 10.9. The molecule has 0 aliphatic carbocycles. The molecular formula is C12H16N6O. The summed E-state index contributed by atoms with van der Waals surface area (Å²) >= 11 is 0. The maximum absolute atomic E-state index is 11.7. The highest BCUT2D eigenvalue weighted by molar-refractivity contribution is 5.90. The number of hydrogen-bond acceptors (Lipinski definition) is 4. The van der Waals surface area contributed by atoms with Crippen LogP contribution in [0.15, 0.2) is 31.0 Å². The Kier molecular flexibility index (Phi) is 4.07. The van der Waals surface area contributed by atoms with Crippen molar-refractivity contribution >= 4 is 11.7 Å². The van der Waals surface area contributed by atoms with Gasteiger partial charge in [-0.05, 0) is 18.1 Å². The average Bonchev–Trinajstić information content (AvgIpc) is 2.91. The summed E-state index contributed by atoms with van der Waals surface area (Å²) in [5.74, 6) is 0.925. The maximum Gasteiger partial charge on any atom is 0.319 e. The van der Waals surface area contributed by atoms with Gasteiger partial charge in [0.25, 0.3) is 0 Å². The molecule has 100 valence electrons. The van der Waals surface area contributed by atoms with Crippen LogP contribution in [0.5, 0.6) is 0 Å². The van der Waals surface area contributed by atoms with Crippen molar-refractivity contribution in [3.63, 3.8) is 0 Å². The Morgan fingerprint density at radius 3 is 3.00 bits per heavy atom. The Hall–Kier alpha value is -2.44. The minimum absolute atomic E-state index is 0.261. The van der Waals surface area contributed by atoms with Gasteiger partial charge in [-0.1, -0.05) is 13.8 Å². The van der Waals surface area contributed by atoms with Crippen LogP contribution in [0.3, 0.4) is 0 Å². The highest BCUT2D eigenvalue weighted by atomic mass is 16.2. The van der Waals surface area contributed by atoms with E-state index in [2.05, 4.69) is 25.7 Å². The van der Waals surface area contributed by atoms with Crippen molar-refractivity contribution in [2.24, 2.45) is 5.92 Å². The number of carbonyl (C=O) groups excluding carboxylic acids is 1. The number of pyridine rings is 1. The molecule has 0 saturated heterocycles. The zero-order chi connectivity index (χ0) is 13.7. The molecule has 2 amide bonds. The lowest BCUT2D eigenvalue weighted by Gasteiger charge is -2.11. The van der Waals surface area contributed by atoms with Crippen molar-refractivity contribution in [1.82, 2.24) is 25.1 Å². The highest BCUT2D eigenvalue weighted by Gasteiger charge is 2.09. The first-order chi connectivity index (χ1) is 9.16. The predicted molar refractivity (Wildman–Crippen MR) is 71.0 cm³/mol. The van der Waals surface area contributed by atoms with Crippen LogP contribution in [0.25, 0.3) is 5.82 Å². The van der Waals surface area contributed by atoms with Crippen LogP contribution in [0.2, 0.25) is 0 Å². The van der Waals surface area contributed by atoms with E-state index < -0.39 is 0 Å². The lowest BCUT2D eigenvalue weighted by molar-refractivity contribution is 0.251. The largest absolute Gasteiger partial charge is 0.338 e. The molecule has 19 heavy (non-hydrogen) atoms. The Bertz CT molecular complexity index is 537. The number of nitrogens with one attached hydrogen (secondary N) is 2. The van der Waals surface area contributed by atoms with Crippen LogP contribution in [0, 0.1) is 5.92 Å². The van der Waals surface area contributed by atoms with Crippen LogP contribution in [0.1, 0.15) is 13.8 Å². The molecule has 0 aromatic carbocycles. The fourth-order valence-corrected chi connectivity index (χ4v) is 1.46. The molecule has 7 heteroatoms. The number of rotatable bonds is 4. The number of urea groups is 1. The van der Waals surface area contributed by atoms with Gasteiger partial charge in [-0.15, -0.1) is 0 Å². The van der Waals surface area contributed by atoms with E-state index in [1.165, 1.54) is 17.3 Å². The first-order valence-electron chi connectivity index (χ1n) is 6.01. The van der Waals surface area contributed by atoms with Gasteiger partial charge >= 0.3 is 6.03 Å². The molecular weight excluding hydrogens is 244 g/mol. The van der Waals surface area contributed by atoms with Gasteiger partial charge in [0.15, 0.2) is 5.82 Å². The number of anilines is 1. The number of nitrogens with zero attached hydrogens (tertiary/aromatic N) is 4. The van der Waals surface area contributed by atoms with E-state index in [0.717, 1.165) is 0 Å². The standard InChI is InChI=1S/C12H16N6O/c1-9(2)6-15-12(19)17-10-4-3-5-14-11(10)18-8-13-7-16-18/h3-5,7-9H,6H2,1-2H3,(H2,15,17,19). The molecule has 0 bridgehead atoms. The molecule has 0 atom stereocenters. The fourth-order valence-electron chi connectivity index (χ4n) is 1.46. The van der Waals surface area contributed by atoms with Crippen LogP contribution >= 0.6 is 0 Å². The minimum atomic E-state index is -0.261. The predicted octanol–water partition coefficient (Wildman–Crippen LogP) is 1.44. The van der Waals surface area contributed by atoms with E-state index in [1.54, 1.807) is 18.3 Å². The summed E-state index contributed by atoms with van der Waals surface area (Å²) in [5.41, 5.74) is 0.578. The second-order valence-corrected chi connectivity index (χ2v) is 4.44. The zero-order valence-corrected chi connectivity index (χ0v) is 10.9. The van der Waals surface area contributed by atoms with Gasteiger partial charge in [-0.25, -0.2) is 19.4 Å². The summed E-state index contributed by atoms with van der Waals surface area (Å²) in [6.07, 6.45) is 4.57. The summed E-state index contributed by atoms with van der Waals surface area (Å²) in [5, 5.41) is 9.53. The van der Waals surface area contributed by atoms with Crippen LogP contribution < -0.4 is 10.6 Å². The van der Waals surface area contributed by atoms with Crippen molar-refractivity contribution in [3.05, 3.63) is 31.0 Å². The van der Waals surface area contributed by atoms with Gasteiger partial charge in [0.1, 0.15) is 12.7 Å². The molecule has 0 radical (unpaired) electrons. The van der Waals surface area contributed by atoms with Crippen molar-refractivity contribution in [3.8, 4) is 5.82 Å². The van der Waals surface area contributed by atoms with E-state index >= 15 is 0 Å². The van der Waals surface area contributed by atoms with Crippen molar-refractivity contribution in [2.75, 3.05) is 11.9 Å². The van der Waals surface area contributed by atoms with Crippen LogP contribution in [-0.4, -0.2) is 32.3 Å². The van der Waals surface area contributed by atoms with Crippen LogP contribution in [0.4, 0.5) is 10.5 Å². The Morgan fingerprint density at radius 1 is 1.47 bits per heavy atom. The molecule has 0 aliphatic rings. The van der Waals surface area contributed by atoms with Crippen molar-refractivity contribution in [2.45, 2.75) is 13.8 Å². The molecule has 0 fully saturated rings. The molecule has 0 aliphatic heterocycles. The lowest BCUT2D eigenvalue weighted by Crippen LogP contribution is -2.32. The van der Waals surface area contributed by atoms with E-state index in [0.29, 0.717) is 24.0 Å². The third-order valence-electron chi connectivity index (χ3n) is 2.34. The topological polar surface area (TPSA) is 84.7 Å². The molecule has 2 N–H and O–H groups in total. The van der Waals surface area contributed by atoms with E-state index in [1.807, 2.05) is 13.8 Å². The average molecular weight is 260 g/mol. The first kappa shape index (κ1) is 13.0. The highest BCUT2D eigenvalue weighted by Crippen LogP contribution is 2.15. The minimum Gasteiger partial charge on any atom is -0.338 e. The monoisotopic (exact) mass is 260 g/mol. The lowest BCUT2D eigenvalue weighted by atomic mass is 10.2. The molecule has 2 rings (SSSR count). The van der Waals surface area contributed by atoms with E-state index in [9.17, 15) is 4.79 Å². The Balaban J connectivity index is 2.10. The molecule has 0 saturated carbocycles. The summed E-state index contributed by atoms with van der Waals surface area (Å²) in [6.45, 7) is 4.68. The maximum atomic E-state index is 11.7. The molecule has 0 spiro atoms. The molecule has 0 unspecified atom stereocenters. The normalized spacial score (nSPS) is 10.5. The molecule has 7 nitrogen and oxygen atoms in total. The van der Waals surface area contributed by atoms with Gasteiger partial charge in [0, 0.05) is 12.7 Å². The van der Waals surface area contributed by atoms with Gasteiger partial charge in [0.05, 0.1) is 5.69 Å². The quantitative estimate of drug-likeness (QED) is 0.871.